The molecule has 0 radical (unpaired) electrons. The van der Waals surface area contributed by atoms with Gasteiger partial charge >= 0.3 is 0 Å². The lowest BCUT2D eigenvalue weighted by Crippen LogP contribution is -2.45. The van der Waals surface area contributed by atoms with Gasteiger partial charge in [-0.05, 0) is 19.4 Å². The Morgan fingerprint density at radius 3 is 2.25 bits per heavy atom. The van der Waals surface area contributed by atoms with E-state index in [4.69, 9.17) is 0 Å². The molecule has 0 spiro atoms. The molecule has 1 atom stereocenters. The standard InChI is InChI=1S/C11H12F4N2O2S/c12-7-4-8(13)10(15)11(9(7)14)20(18,19)17-6-2-1-3-16-5-6/h4,6,16-17H,1-3,5H2. The van der Waals surface area contributed by atoms with Crippen LogP contribution in [-0.4, -0.2) is 27.5 Å². The van der Waals surface area contributed by atoms with E-state index in [1.165, 1.54) is 0 Å². The van der Waals surface area contributed by atoms with Gasteiger partial charge < -0.3 is 5.32 Å². The van der Waals surface area contributed by atoms with E-state index in [1.807, 2.05) is 4.72 Å². The molecule has 1 unspecified atom stereocenters. The lowest BCUT2D eigenvalue weighted by Gasteiger charge is -2.23. The fourth-order valence-corrected chi connectivity index (χ4v) is 3.44. The molecule has 4 nitrogen and oxygen atoms in total. The van der Waals surface area contributed by atoms with E-state index in [0.29, 0.717) is 19.4 Å². The Hall–Kier alpha value is -1.19. The normalized spacial score (nSPS) is 20.1. The molecule has 1 aromatic carbocycles. The van der Waals surface area contributed by atoms with Crippen LogP contribution in [0.25, 0.3) is 0 Å². The van der Waals surface area contributed by atoms with E-state index in [1.54, 1.807) is 0 Å². The van der Waals surface area contributed by atoms with Crippen LogP contribution in [-0.2, 0) is 10.0 Å². The van der Waals surface area contributed by atoms with Gasteiger partial charge in [0.05, 0.1) is 0 Å². The minimum Gasteiger partial charge on any atom is -0.315 e. The van der Waals surface area contributed by atoms with Crippen molar-refractivity contribution in [2.45, 2.75) is 23.8 Å². The summed E-state index contributed by atoms with van der Waals surface area (Å²) in [5.74, 6) is -7.38. The first-order chi connectivity index (χ1) is 9.33. The topological polar surface area (TPSA) is 58.2 Å². The van der Waals surface area contributed by atoms with Crippen LogP contribution < -0.4 is 10.0 Å². The van der Waals surface area contributed by atoms with Gasteiger partial charge in [-0.1, -0.05) is 0 Å². The molecule has 2 N–H and O–H groups in total. The summed E-state index contributed by atoms with van der Waals surface area (Å²) < 4.78 is 78.9. The molecule has 0 amide bonds. The Kier molecular flexibility index (Phi) is 4.31. The van der Waals surface area contributed by atoms with Crippen LogP contribution in [0.2, 0.25) is 0 Å². The van der Waals surface area contributed by atoms with Crippen molar-refractivity contribution in [2.24, 2.45) is 0 Å². The maximum Gasteiger partial charge on any atom is 0.246 e. The summed E-state index contributed by atoms with van der Waals surface area (Å²) in [4.78, 5) is -1.62. The van der Waals surface area contributed by atoms with Crippen LogP contribution in [0, 0.1) is 23.3 Å². The SMILES string of the molecule is O=S(=O)(NC1CCCNC1)c1c(F)c(F)cc(F)c1F. The van der Waals surface area contributed by atoms with Crippen molar-refractivity contribution < 1.29 is 26.0 Å². The van der Waals surface area contributed by atoms with Crippen LogP contribution in [0.5, 0.6) is 0 Å². The summed E-state index contributed by atoms with van der Waals surface area (Å²) in [6.45, 7) is 0.982. The van der Waals surface area contributed by atoms with Gasteiger partial charge in [0.15, 0.2) is 28.2 Å². The second-order valence-corrected chi connectivity index (χ2v) is 6.11. The Labute approximate surface area is 113 Å². The highest BCUT2D eigenvalue weighted by Gasteiger charge is 2.31. The van der Waals surface area contributed by atoms with E-state index in [0.717, 1.165) is 0 Å². The molecule has 1 aliphatic rings. The minimum absolute atomic E-state index is 0.0359. The van der Waals surface area contributed by atoms with Crippen molar-refractivity contribution in [3.05, 3.63) is 29.3 Å². The summed E-state index contributed by atoms with van der Waals surface area (Å²) in [5.41, 5.74) is 0. The third kappa shape index (κ3) is 2.94. The first kappa shape index (κ1) is 15.2. The maximum atomic E-state index is 13.5. The second-order valence-electron chi connectivity index (χ2n) is 4.46. The summed E-state index contributed by atoms with van der Waals surface area (Å²) >= 11 is 0. The van der Waals surface area contributed by atoms with Gasteiger partial charge in [-0.2, -0.15) is 0 Å². The van der Waals surface area contributed by atoms with Crippen LogP contribution in [0.1, 0.15) is 12.8 Å². The second kappa shape index (κ2) is 5.66. The van der Waals surface area contributed by atoms with Crippen LogP contribution in [0.3, 0.4) is 0 Å². The van der Waals surface area contributed by atoms with E-state index in [9.17, 15) is 26.0 Å². The number of benzene rings is 1. The zero-order valence-corrected chi connectivity index (χ0v) is 11.0. The first-order valence-electron chi connectivity index (χ1n) is 5.89. The molecular weight excluding hydrogens is 300 g/mol. The average molecular weight is 312 g/mol. The number of nitrogens with one attached hydrogen (secondary N) is 2. The van der Waals surface area contributed by atoms with E-state index in [-0.39, 0.29) is 12.6 Å². The predicted octanol–water partition coefficient (Wildman–Crippen LogP) is 1.27. The molecule has 0 saturated carbocycles. The zero-order valence-electron chi connectivity index (χ0n) is 10.2. The summed E-state index contributed by atoms with van der Waals surface area (Å²) in [7, 11) is -4.69. The molecule has 9 heteroatoms. The molecule has 2 rings (SSSR count). The highest BCUT2D eigenvalue weighted by atomic mass is 32.2. The Morgan fingerprint density at radius 1 is 1.15 bits per heavy atom. The van der Waals surface area contributed by atoms with Crippen LogP contribution in [0.15, 0.2) is 11.0 Å². The summed E-state index contributed by atoms with van der Waals surface area (Å²) in [6.07, 6.45) is 1.14. The highest BCUT2D eigenvalue weighted by Crippen LogP contribution is 2.24. The van der Waals surface area contributed by atoms with Gasteiger partial charge in [0, 0.05) is 18.7 Å². The van der Waals surface area contributed by atoms with Gasteiger partial charge in [-0.15, -0.1) is 0 Å². The number of piperidine rings is 1. The number of rotatable bonds is 3. The third-order valence-corrected chi connectivity index (χ3v) is 4.50. The summed E-state index contributed by atoms with van der Waals surface area (Å²) in [5, 5.41) is 2.90. The molecular formula is C11H12F4N2O2S. The molecule has 1 fully saturated rings. The molecule has 1 aromatic rings. The smallest absolute Gasteiger partial charge is 0.246 e. The monoisotopic (exact) mass is 312 g/mol. The largest absolute Gasteiger partial charge is 0.315 e. The minimum atomic E-state index is -4.69. The van der Waals surface area contributed by atoms with E-state index < -0.39 is 44.2 Å². The van der Waals surface area contributed by atoms with Gasteiger partial charge in [0.1, 0.15) is 0 Å². The Balaban J connectivity index is 2.38. The molecule has 1 heterocycles. The number of halogens is 4. The van der Waals surface area contributed by atoms with Gasteiger partial charge in [-0.3, -0.25) is 0 Å². The fourth-order valence-electron chi connectivity index (χ4n) is 2.02. The molecule has 0 aromatic heterocycles. The van der Waals surface area contributed by atoms with Crippen molar-refractivity contribution in [3.8, 4) is 0 Å². The Bertz CT molecular complexity index is 589. The average Bonchev–Trinajstić information content (AvgIpc) is 2.37. The number of sulfonamides is 1. The molecule has 1 aliphatic heterocycles. The fraction of sp³-hybridized carbons (Fsp3) is 0.455. The summed E-state index contributed by atoms with van der Waals surface area (Å²) in [6, 6.07) is -0.620. The van der Waals surface area contributed by atoms with Crippen molar-refractivity contribution in [2.75, 3.05) is 13.1 Å². The molecule has 112 valence electrons. The third-order valence-electron chi connectivity index (χ3n) is 2.96. The van der Waals surface area contributed by atoms with Crippen molar-refractivity contribution >= 4 is 10.0 Å². The van der Waals surface area contributed by atoms with E-state index >= 15 is 0 Å². The number of hydrogen-bond acceptors (Lipinski definition) is 3. The molecule has 1 saturated heterocycles. The Morgan fingerprint density at radius 2 is 1.75 bits per heavy atom. The highest BCUT2D eigenvalue weighted by molar-refractivity contribution is 7.89. The quantitative estimate of drug-likeness (QED) is 0.653. The van der Waals surface area contributed by atoms with Crippen molar-refractivity contribution in [3.63, 3.8) is 0 Å². The molecule has 0 bridgehead atoms. The molecule has 0 aliphatic carbocycles. The van der Waals surface area contributed by atoms with Crippen molar-refractivity contribution in [1.29, 1.82) is 0 Å². The zero-order chi connectivity index (χ0) is 14.9. The van der Waals surface area contributed by atoms with Crippen LogP contribution >= 0.6 is 0 Å². The number of hydrogen-bond donors (Lipinski definition) is 2. The lowest BCUT2D eigenvalue weighted by atomic mass is 10.1. The van der Waals surface area contributed by atoms with Crippen molar-refractivity contribution in [1.82, 2.24) is 10.0 Å². The maximum absolute atomic E-state index is 13.5. The first-order valence-corrected chi connectivity index (χ1v) is 7.37. The van der Waals surface area contributed by atoms with Gasteiger partial charge in [-0.25, -0.2) is 30.7 Å². The van der Waals surface area contributed by atoms with Gasteiger partial charge in [0.25, 0.3) is 0 Å². The van der Waals surface area contributed by atoms with Gasteiger partial charge in [0.2, 0.25) is 10.0 Å². The van der Waals surface area contributed by atoms with E-state index in [2.05, 4.69) is 5.32 Å². The van der Waals surface area contributed by atoms with Crippen LogP contribution in [0.4, 0.5) is 17.6 Å². The predicted molar refractivity (Wildman–Crippen MR) is 62.5 cm³/mol. The molecule has 20 heavy (non-hydrogen) atoms. The lowest BCUT2D eigenvalue weighted by molar-refractivity contribution is 0.407.